The van der Waals surface area contributed by atoms with Gasteiger partial charge in [0.15, 0.2) is 0 Å². The van der Waals surface area contributed by atoms with Crippen molar-refractivity contribution in [1.82, 2.24) is 0 Å². The van der Waals surface area contributed by atoms with Gasteiger partial charge in [-0.25, -0.2) is 0 Å². The molecule has 0 aliphatic carbocycles. The molecule has 0 bridgehead atoms. The molecule has 0 unspecified atom stereocenters. The van der Waals surface area contributed by atoms with Crippen LogP contribution in [-0.4, -0.2) is 5.97 Å². The zero-order valence-corrected chi connectivity index (χ0v) is 9.41. The fourth-order valence-electron chi connectivity index (χ4n) is 0. The molecule has 0 fully saturated rings. The Morgan fingerprint density at radius 3 is 1.30 bits per heavy atom. The molecule has 0 aliphatic rings. The second-order valence-corrected chi connectivity index (χ2v) is 1.83. The van der Waals surface area contributed by atoms with Crippen molar-refractivity contribution in [1.29, 1.82) is 0 Å². The molecule has 6 nitrogen and oxygen atoms in total. The third-order valence-corrected chi connectivity index (χ3v) is 0. The predicted octanol–water partition coefficient (Wildman–Crippen LogP) is -7.06. The third-order valence-electron chi connectivity index (χ3n) is 0. The minimum absolute atomic E-state index is 0. The molecule has 0 amide bonds. The van der Waals surface area contributed by atoms with Gasteiger partial charge in [-0.05, 0) is 6.92 Å². The van der Waals surface area contributed by atoms with Crippen molar-refractivity contribution in [3.05, 3.63) is 0 Å². The topological polar surface area (TPSA) is 126 Å². The van der Waals surface area contributed by atoms with E-state index in [1.807, 2.05) is 0 Å². The Kier molecular flexibility index (Phi) is 14.4. The fraction of sp³-hybridized carbons (Fsp3) is 0.500. The van der Waals surface area contributed by atoms with E-state index in [1.165, 1.54) is 0 Å². The maximum absolute atomic E-state index is 8.89. The van der Waals surface area contributed by atoms with Crippen LogP contribution in [0, 0.1) is 0 Å². The molecule has 56 valence electrons. The normalized spacial score (nSPS) is 8.40. The molecule has 0 saturated carbocycles. The summed E-state index contributed by atoms with van der Waals surface area (Å²) in [6, 6.07) is 0. The second kappa shape index (κ2) is 8.31. The first-order valence-corrected chi connectivity index (χ1v) is 3.10. The number of aliphatic carboxylic acids is 1. The Hall–Kier alpha value is 1.22. The number of hydrogen-bond donors (Lipinski definition) is 0. The van der Waals surface area contributed by atoms with Crippen LogP contribution in [0.2, 0.25) is 0 Å². The molecule has 0 aromatic carbocycles. The third kappa shape index (κ3) is 421. The molecule has 10 heavy (non-hydrogen) atoms. The zero-order valence-electron chi connectivity index (χ0n) is 5.40. The van der Waals surface area contributed by atoms with E-state index in [0.717, 1.165) is 6.92 Å². The van der Waals surface area contributed by atoms with Crippen LogP contribution in [0.5, 0.6) is 0 Å². The van der Waals surface area contributed by atoms with Crippen LogP contribution < -0.4 is 71.2 Å². The summed E-state index contributed by atoms with van der Waals surface area (Å²) in [5.74, 6) is -1.08. The van der Waals surface area contributed by atoms with Crippen molar-refractivity contribution in [2.24, 2.45) is 0 Å². The van der Waals surface area contributed by atoms with Gasteiger partial charge in [-0.2, -0.15) is 7.82 Å². The standard InChI is InChI=1S/C2H4O2.K.H3O4P/c1-2(3)4;;1-5(2,3)4/h1H3,(H,3,4);;(H3,1,2,3,4)/q;+1;/p-4. The summed E-state index contributed by atoms with van der Waals surface area (Å²) in [4.78, 5) is 34.5. The minimum atomic E-state index is -5.39. The van der Waals surface area contributed by atoms with Gasteiger partial charge in [-0.15, -0.1) is 0 Å². The molecule has 0 spiro atoms. The van der Waals surface area contributed by atoms with Crippen LogP contribution in [0.3, 0.4) is 0 Å². The summed E-state index contributed by atoms with van der Waals surface area (Å²) in [5, 5.41) is 8.89. The maximum Gasteiger partial charge on any atom is 1.00 e. The van der Waals surface area contributed by atoms with Crippen molar-refractivity contribution in [2.75, 3.05) is 0 Å². The minimum Gasteiger partial charge on any atom is -0.822 e. The van der Waals surface area contributed by atoms with Gasteiger partial charge in [-0.1, -0.05) is 0 Å². The number of carboxylic acid groups (broad SMARTS) is 1. The van der Waals surface area contributed by atoms with Crippen LogP contribution in [0.15, 0.2) is 0 Å². The Balaban J connectivity index is -0.0000000910. The number of rotatable bonds is 0. The van der Waals surface area contributed by atoms with Crippen molar-refractivity contribution in [2.45, 2.75) is 6.92 Å². The van der Waals surface area contributed by atoms with Gasteiger partial charge in [0, 0.05) is 5.97 Å². The molecular formula is C2H3KO6P-3. The molecule has 0 aliphatic heterocycles. The summed E-state index contributed by atoms with van der Waals surface area (Å²) in [5.41, 5.74) is 0. The van der Waals surface area contributed by atoms with Gasteiger partial charge in [-0.3, -0.25) is 0 Å². The number of carboxylic acids is 1. The van der Waals surface area contributed by atoms with Gasteiger partial charge in [0.2, 0.25) is 0 Å². The maximum atomic E-state index is 8.89. The van der Waals surface area contributed by atoms with Gasteiger partial charge in [0.1, 0.15) is 0 Å². The van der Waals surface area contributed by atoms with Gasteiger partial charge >= 0.3 is 51.4 Å². The summed E-state index contributed by atoms with van der Waals surface area (Å²) >= 11 is 0. The number of carbonyl (C=O) groups excluding carboxylic acids is 1. The average molecular weight is 193 g/mol. The van der Waals surface area contributed by atoms with E-state index >= 15 is 0 Å². The molecule has 0 rings (SSSR count). The Bertz CT molecular complexity index is 115. The van der Waals surface area contributed by atoms with E-state index in [4.69, 9.17) is 29.1 Å². The number of carbonyl (C=O) groups is 1. The second-order valence-electron chi connectivity index (χ2n) is 0.939. The van der Waals surface area contributed by atoms with Crippen molar-refractivity contribution in [3.8, 4) is 0 Å². The summed E-state index contributed by atoms with van der Waals surface area (Å²) < 4.78 is 8.55. The van der Waals surface area contributed by atoms with E-state index < -0.39 is 13.8 Å². The molecule has 0 aromatic heterocycles. The zero-order chi connectivity index (χ0) is 8.08. The molecule has 8 heteroatoms. The quantitative estimate of drug-likeness (QED) is 0.278. The van der Waals surface area contributed by atoms with Gasteiger partial charge < -0.3 is 29.1 Å². The molecule has 0 saturated heterocycles. The smallest absolute Gasteiger partial charge is 0.822 e. The van der Waals surface area contributed by atoms with Crippen molar-refractivity contribution >= 4 is 13.8 Å². The summed E-state index contributed by atoms with van der Waals surface area (Å²) in [6.45, 7) is 0.972. The Morgan fingerprint density at radius 2 is 1.30 bits per heavy atom. The first-order chi connectivity index (χ1) is 3.73. The van der Waals surface area contributed by atoms with Gasteiger partial charge in [0.05, 0.1) is 0 Å². The van der Waals surface area contributed by atoms with Gasteiger partial charge in [0.25, 0.3) is 0 Å². The van der Waals surface area contributed by atoms with E-state index in [1.54, 1.807) is 0 Å². The van der Waals surface area contributed by atoms with Crippen LogP contribution in [0.25, 0.3) is 0 Å². The summed E-state index contributed by atoms with van der Waals surface area (Å²) in [7, 11) is -5.39. The van der Waals surface area contributed by atoms with Crippen molar-refractivity contribution in [3.63, 3.8) is 0 Å². The molecule has 0 heterocycles. The van der Waals surface area contributed by atoms with E-state index in [-0.39, 0.29) is 51.4 Å². The van der Waals surface area contributed by atoms with E-state index in [2.05, 4.69) is 0 Å². The average Bonchev–Trinajstić information content (AvgIpc) is 1.19. The first-order valence-electron chi connectivity index (χ1n) is 1.64. The monoisotopic (exact) mass is 193 g/mol. The van der Waals surface area contributed by atoms with Crippen LogP contribution in [-0.2, 0) is 9.36 Å². The van der Waals surface area contributed by atoms with E-state index in [0.29, 0.717) is 0 Å². The first kappa shape index (κ1) is 17.3. The van der Waals surface area contributed by atoms with Crippen LogP contribution in [0.4, 0.5) is 0 Å². The molecule has 0 atom stereocenters. The fourth-order valence-corrected chi connectivity index (χ4v) is 0. The van der Waals surface area contributed by atoms with E-state index in [9.17, 15) is 0 Å². The predicted molar refractivity (Wildman–Crippen MR) is 18.3 cm³/mol. The van der Waals surface area contributed by atoms with Crippen LogP contribution in [0.1, 0.15) is 6.92 Å². The van der Waals surface area contributed by atoms with Crippen LogP contribution >= 0.6 is 7.82 Å². The summed E-state index contributed by atoms with van der Waals surface area (Å²) in [6.07, 6.45) is 0. The SMILES string of the molecule is CC(=O)[O-].O=P([O-])([O-])[O-].[K+]. The Morgan fingerprint density at radius 1 is 1.30 bits per heavy atom. The number of phosphoric acid groups is 1. The molecular weight excluding hydrogens is 190 g/mol. The van der Waals surface area contributed by atoms with Crippen molar-refractivity contribution < 1.29 is 80.5 Å². The largest absolute Gasteiger partial charge is 1.00 e. The number of hydrogen-bond acceptors (Lipinski definition) is 6. The Labute approximate surface area is 99.9 Å². The molecule has 0 radical (unpaired) electrons. The molecule has 0 aromatic rings. The molecule has 0 N–H and O–H groups in total.